The second-order valence-corrected chi connectivity index (χ2v) is 7.65. The molecule has 0 spiro atoms. The zero-order valence-electron chi connectivity index (χ0n) is 14.9. The molecule has 0 aliphatic carbocycles. The van der Waals surface area contributed by atoms with Gasteiger partial charge in [-0.25, -0.2) is 0 Å². The van der Waals surface area contributed by atoms with Crippen LogP contribution in [0.4, 0.5) is 0 Å². The molecule has 0 atom stereocenters. The van der Waals surface area contributed by atoms with E-state index in [4.69, 9.17) is 33.3 Å². The van der Waals surface area contributed by atoms with E-state index in [1.165, 1.54) is 14.2 Å². The zero-order chi connectivity index (χ0) is 20.3. The number of hydrogen-bond acceptors (Lipinski definition) is 6. The molecule has 2 aromatic carbocycles. The van der Waals surface area contributed by atoms with Crippen LogP contribution in [0.5, 0.6) is 11.5 Å². The molecule has 9 heteroatoms. The number of nitrogens with zero attached hydrogens (tertiary/aromatic N) is 1. The molecular weight excluding hydrogens is 420 g/mol. The van der Waals surface area contributed by atoms with Crippen molar-refractivity contribution in [3.63, 3.8) is 0 Å². The molecule has 1 fully saturated rings. The van der Waals surface area contributed by atoms with Crippen molar-refractivity contribution in [2.24, 2.45) is 0 Å². The van der Waals surface area contributed by atoms with Gasteiger partial charge in [-0.2, -0.15) is 5.01 Å². The standard InChI is InChI=1S/C19H15ClN2O4S2/c1-25-14-9-11(8-13(20)16(14)26-2)10-15-18(24)22(19(27)28-15)21-17(23)12-6-4-3-5-7-12/h3-10H,1-2H3,(H,21,23)/b15-10-. The number of methoxy groups -OCH3 is 2. The number of carbonyl (C=O) groups is 2. The van der Waals surface area contributed by atoms with Gasteiger partial charge in [-0.05, 0) is 48.1 Å². The van der Waals surface area contributed by atoms with E-state index in [-0.39, 0.29) is 4.32 Å². The molecule has 3 rings (SSSR count). The smallest absolute Gasteiger partial charge is 0.285 e. The summed E-state index contributed by atoms with van der Waals surface area (Å²) in [5.74, 6) is -0.00408. The van der Waals surface area contributed by atoms with Crippen molar-refractivity contribution < 1.29 is 19.1 Å². The summed E-state index contributed by atoms with van der Waals surface area (Å²) in [5, 5.41) is 1.41. The van der Waals surface area contributed by atoms with Gasteiger partial charge in [0.05, 0.1) is 24.1 Å². The molecule has 144 valence electrons. The monoisotopic (exact) mass is 434 g/mol. The van der Waals surface area contributed by atoms with Crippen LogP contribution in [0.25, 0.3) is 6.08 Å². The first-order valence-corrected chi connectivity index (χ1v) is 9.60. The third-order valence-corrected chi connectivity index (χ3v) is 5.38. The Morgan fingerprint density at radius 1 is 1.21 bits per heavy atom. The molecule has 1 saturated heterocycles. The Morgan fingerprint density at radius 3 is 2.57 bits per heavy atom. The van der Waals surface area contributed by atoms with E-state index < -0.39 is 11.8 Å². The summed E-state index contributed by atoms with van der Waals surface area (Å²) < 4.78 is 10.7. The number of rotatable bonds is 5. The Labute approximate surface area is 176 Å². The summed E-state index contributed by atoms with van der Waals surface area (Å²) in [6.45, 7) is 0. The third-order valence-electron chi connectivity index (χ3n) is 3.80. The highest BCUT2D eigenvalue weighted by Crippen LogP contribution is 2.38. The summed E-state index contributed by atoms with van der Waals surface area (Å²) in [6.07, 6.45) is 1.63. The predicted molar refractivity (Wildman–Crippen MR) is 113 cm³/mol. The average molecular weight is 435 g/mol. The lowest BCUT2D eigenvalue weighted by molar-refractivity contribution is -0.123. The summed E-state index contributed by atoms with van der Waals surface area (Å²) in [7, 11) is 2.99. The molecule has 0 saturated carbocycles. The van der Waals surface area contributed by atoms with Crippen LogP contribution in [0.3, 0.4) is 0 Å². The summed E-state index contributed by atoms with van der Waals surface area (Å²) in [5.41, 5.74) is 3.59. The summed E-state index contributed by atoms with van der Waals surface area (Å²) in [6, 6.07) is 11.9. The molecular formula is C19H15ClN2O4S2. The van der Waals surface area contributed by atoms with Gasteiger partial charge in [-0.15, -0.1) is 0 Å². The third kappa shape index (κ3) is 4.14. The lowest BCUT2D eigenvalue weighted by Gasteiger charge is -2.15. The van der Waals surface area contributed by atoms with Gasteiger partial charge in [-0.3, -0.25) is 15.0 Å². The van der Waals surface area contributed by atoms with Crippen LogP contribution in [0.15, 0.2) is 47.4 Å². The molecule has 1 aliphatic rings. The Kier molecular flexibility index (Phi) is 6.23. The van der Waals surface area contributed by atoms with Crippen molar-refractivity contribution in [3.8, 4) is 11.5 Å². The fourth-order valence-electron chi connectivity index (χ4n) is 2.49. The van der Waals surface area contributed by atoms with Crippen molar-refractivity contribution in [3.05, 3.63) is 63.5 Å². The highest BCUT2D eigenvalue weighted by molar-refractivity contribution is 8.26. The van der Waals surface area contributed by atoms with Crippen LogP contribution in [0.1, 0.15) is 15.9 Å². The average Bonchev–Trinajstić information content (AvgIpc) is 2.95. The molecule has 6 nitrogen and oxygen atoms in total. The Morgan fingerprint density at radius 2 is 1.93 bits per heavy atom. The molecule has 2 aromatic rings. The normalized spacial score (nSPS) is 15.1. The number of amides is 2. The van der Waals surface area contributed by atoms with Gasteiger partial charge in [0.25, 0.3) is 11.8 Å². The minimum atomic E-state index is -0.426. The lowest BCUT2D eigenvalue weighted by atomic mass is 10.2. The second kappa shape index (κ2) is 8.64. The van der Waals surface area contributed by atoms with Crippen LogP contribution in [0, 0.1) is 0 Å². The van der Waals surface area contributed by atoms with Gasteiger partial charge in [0.2, 0.25) is 0 Å². The molecule has 0 aromatic heterocycles. The predicted octanol–water partition coefficient (Wildman–Crippen LogP) is 3.90. The molecule has 2 amide bonds. The minimum Gasteiger partial charge on any atom is -0.493 e. The molecule has 28 heavy (non-hydrogen) atoms. The van der Waals surface area contributed by atoms with E-state index in [9.17, 15) is 9.59 Å². The molecule has 0 unspecified atom stereocenters. The van der Waals surface area contributed by atoms with Crippen molar-refractivity contribution in [2.75, 3.05) is 14.2 Å². The first-order valence-electron chi connectivity index (χ1n) is 8.00. The molecule has 1 heterocycles. The van der Waals surface area contributed by atoms with Gasteiger partial charge >= 0.3 is 0 Å². The number of ether oxygens (including phenoxy) is 2. The quantitative estimate of drug-likeness (QED) is 0.568. The van der Waals surface area contributed by atoms with E-state index in [2.05, 4.69) is 5.43 Å². The number of benzene rings is 2. The van der Waals surface area contributed by atoms with E-state index >= 15 is 0 Å². The molecule has 0 bridgehead atoms. The second-order valence-electron chi connectivity index (χ2n) is 5.56. The number of carbonyl (C=O) groups excluding carboxylic acids is 2. The Balaban J connectivity index is 1.83. The number of nitrogens with one attached hydrogen (secondary N) is 1. The van der Waals surface area contributed by atoms with Crippen molar-refractivity contribution in [1.82, 2.24) is 10.4 Å². The van der Waals surface area contributed by atoms with E-state index in [1.54, 1.807) is 48.5 Å². The van der Waals surface area contributed by atoms with Crippen LogP contribution in [-0.4, -0.2) is 35.4 Å². The maximum absolute atomic E-state index is 12.7. The van der Waals surface area contributed by atoms with Gasteiger partial charge in [-0.1, -0.05) is 41.6 Å². The number of halogens is 1. The van der Waals surface area contributed by atoms with E-state index in [0.29, 0.717) is 32.6 Å². The molecule has 1 aliphatic heterocycles. The Bertz CT molecular complexity index is 979. The zero-order valence-corrected chi connectivity index (χ0v) is 17.3. The summed E-state index contributed by atoms with van der Waals surface area (Å²) >= 11 is 12.5. The van der Waals surface area contributed by atoms with Crippen LogP contribution >= 0.6 is 35.6 Å². The lowest BCUT2D eigenvalue weighted by Crippen LogP contribution is -2.44. The van der Waals surface area contributed by atoms with Gasteiger partial charge in [0.15, 0.2) is 15.8 Å². The van der Waals surface area contributed by atoms with Crippen molar-refractivity contribution in [2.45, 2.75) is 0 Å². The van der Waals surface area contributed by atoms with E-state index in [1.807, 2.05) is 0 Å². The highest BCUT2D eigenvalue weighted by Gasteiger charge is 2.33. The maximum Gasteiger partial charge on any atom is 0.285 e. The minimum absolute atomic E-state index is 0.229. The fraction of sp³-hybridized carbons (Fsp3) is 0.105. The highest BCUT2D eigenvalue weighted by atomic mass is 35.5. The van der Waals surface area contributed by atoms with E-state index in [0.717, 1.165) is 16.8 Å². The largest absolute Gasteiger partial charge is 0.493 e. The molecule has 0 radical (unpaired) electrons. The number of thiocarbonyl (C=S) groups is 1. The van der Waals surface area contributed by atoms with Crippen LogP contribution < -0.4 is 14.9 Å². The van der Waals surface area contributed by atoms with Crippen molar-refractivity contribution in [1.29, 1.82) is 0 Å². The van der Waals surface area contributed by atoms with Gasteiger partial charge in [0.1, 0.15) is 0 Å². The first kappa shape index (κ1) is 20.2. The summed E-state index contributed by atoms with van der Waals surface area (Å²) in [4.78, 5) is 25.4. The number of hydrazine groups is 1. The molecule has 1 N–H and O–H groups in total. The van der Waals surface area contributed by atoms with Crippen LogP contribution in [0.2, 0.25) is 5.02 Å². The SMILES string of the molecule is COc1cc(/C=C2\SC(=S)N(NC(=O)c3ccccc3)C2=O)cc(Cl)c1OC. The van der Waals surface area contributed by atoms with Gasteiger partial charge < -0.3 is 9.47 Å². The Hall–Kier alpha value is -2.55. The fourth-order valence-corrected chi connectivity index (χ4v) is 3.97. The maximum atomic E-state index is 12.7. The van der Waals surface area contributed by atoms with Crippen molar-refractivity contribution >= 4 is 57.8 Å². The first-order chi connectivity index (χ1) is 13.4. The van der Waals surface area contributed by atoms with Crippen LogP contribution in [-0.2, 0) is 4.79 Å². The number of hydrogen-bond donors (Lipinski definition) is 1. The topological polar surface area (TPSA) is 67.9 Å². The van der Waals surface area contributed by atoms with Gasteiger partial charge in [0, 0.05) is 5.56 Å². The number of thioether (sulfide) groups is 1.